The molecule has 5 atom stereocenters. The third kappa shape index (κ3) is 2.69. The third-order valence-corrected chi connectivity index (χ3v) is 6.17. The zero-order chi connectivity index (χ0) is 15.0. The van der Waals surface area contributed by atoms with E-state index in [2.05, 4.69) is 11.8 Å². The van der Waals surface area contributed by atoms with Crippen LogP contribution in [0.25, 0.3) is 0 Å². The van der Waals surface area contributed by atoms with Crippen LogP contribution in [-0.2, 0) is 9.59 Å². The first-order valence-electron chi connectivity index (χ1n) is 8.65. The first-order chi connectivity index (χ1) is 10.1. The van der Waals surface area contributed by atoms with Gasteiger partial charge in [0.25, 0.3) is 0 Å². The zero-order valence-electron chi connectivity index (χ0n) is 13.0. The van der Waals surface area contributed by atoms with Gasteiger partial charge in [-0.25, -0.2) is 0 Å². The van der Waals surface area contributed by atoms with Gasteiger partial charge in [0.15, 0.2) is 0 Å². The van der Waals surface area contributed by atoms with E-state index in [0.717, 1.165) is 32.2 Å². The van der Waals surface area contributed by atoms with E-state index < -0.39 is 11.9 Å². The first-order valence-corrected chi connectivity index (χ1v) is 8.65. The summed E-state index contributed by atoms with van der Waals surface area (Å²) in [7, 11) is 0. The number of likely N-dealkylation sites (tertiary alicyclic amines) is 1. The molecule has 1 amide bonds. The summed E-state index contributed by atoms with van der Waals surface area (Å²) in [6, 6.07) is 0.404. The van der Waals surface area contributed by atoms with E-state index in [-0.39, 0.29) is 11.8 Å². The van der Waals surface area contributed by atoms with E-state index in [1.54, 1.807) is 0 Å². The summed E-state index contributed by atoms with van der Waals surface area (Å²) >= 11 is 0. The van der Waals surface area contributed by atoms with Gasteiger partial charge in [0.05, 0.1) is 11.8 Å². The Labute approximate surface area is 126 Å². The summed E-state index contributed by atoms with van der Waals surface area (Å²) in [5, 5.41) is 9.45. The Hall–Kier alpha value is -1.06. The van der Waals surface area contributed by atoms with Crippen LogP contribution in [-0.4, -0.2) is 34.5 Å². The molecule has 1 saturated heterocycles. The summed E-state index contributed by atoms with van der Waals surface area (Å²) in [4.78, 5) is 26.5. The van der Waals surface area contributed by atoms with Crippen molar-refractivity contribution in [3.05, 3.63) is 0 Å². The minimum absolute atomic E-state index is 0.146. The van der Waals surface area contributed by atoms with Crippen LogP contribution < -0.4 is 0 Å². The second-order valence-corrected chi connectivity index (χ2v) is 7.23. The second-order valence-electron chi connectivity index (χ2n) is 7.23. The monoisotopic (exact) mass is 293 g/mol. The van der Waals surface area contributed by atoms with E-state index in [1.165, 1.54) is 19.3 Å². The van der Waals surface area contributed by atoms with Gasteiger partial charge in [-0.2, -0.15) is 0 Å². The van der Waals surface area contributed by atoms with Crippen molar-refractivity contribution in [2.75, 3.05) is 6.54 Å². The van der Waals surface area contributed by atoms with Gasteiger partial charge in [-0.15, -0.1) is 0 Å². The second kappa shape index (κ2) is 5.98. The highest BCUT2D eigenvalue weighted by molar-refractivity contribution is 5.85. The SMILES string of the molecule is CCC1C[C@H](C(=O)N2CCC3CCCCC32)[C@H](C(=O)O)C1. The number of carboxylic acid groups (broad SMARTS) is 1. The van der Waals surface area contributed by atoms with Crippen molar-refractivity contribution in [2.24, 2.45) is 23.7 Å². The van der Waals surface area contributed by atoms with Gasteiger partial charge < -0.3 is 10.0 Å². The van der Waals surface area contributed by atoms with E-state index in [0.29, 0.717) is 24.3 Å². The minimum Gasteiger partial charge on any atom is -0.481 e. The summed E-state index contributed by atoms with van der Waals surface area (Å²) in [5.74, 6) is -0.270. The van der Waals surface area contributed by atoms with Crippen molar-refractivity contribution >= 4 is 11.9 Å². The van der Waals surface area contributed by atoms with Gasteiger partial charge in [0.1, 0.15) is 0 Å². The Bertz CT molecular complexity index is 422. The van der Waals surface area contributed by atoms with E-state index >= 15 is 0 Å². The maximum Gasteiger partial charge on any atom is 0.307 e. The Morgan fingerprint density at radius 2 is 1.81 bits per heavy atom. The Morgan fingerprint density at radius 3 is 2.52 bits per heavy atom. The molecule has 3 fully saturated rings. The highest BCUT2D eigenvalue weighted by Crippen LogP contribution is 2.42. The topological polar surface area (TPSA) is 57.6 Å². The number of carboxylic acids is 1. The van der Waals surface area contributed by atoms with Crippen molar-refractivity contribution in [1.82, 2.24) is 4.90 Å². The molecular formula is C17H27NO3. The molecule has 0 aromatic rings. The van der Waals surface area contributed by atoms with E-state index in [1.807, 2.05) is 0 Å². The zero-order valence-corrected chi connectivity index (χ0v) is 13.0. The molecule has 0 aromatic carbocycles. The molecule has 2 aliphatic carbocycles. The molecule has 1 aliphatic heterocycles. The molecule has 3 unspecified atom stereocenters. The van der Waals surface area contributed by atoms with Crippen molar-refractivity contribution in [2.45, 2.75) is 64.3 Å². The number of rotatable bonds is 3. The Kier molecular flexibility index (Phi) is 4.23. The first kappa shape index (κ1) is 14.9. The average molecular weight is 293 g/mol. The lowest BCUT2D eigenvalue weighted by molar-refractivity contribution is -0.149. The van der Waals surface area contributed by atoms with Crippen LogP contribution in [0.2, 0.25) is 0 Å². The normalized spacial score (nSPS) is 39.3. The Morgan fingerprint density at radius 1 is 1.10 bits per heavy atom. The van der Waals surface area contributed by atoms with Crippen molar-refractivity contribution in [3.63, 3.8) is 0 Å². The van der Waals surface area contributed by atoms with Gasteiger partial charge in [0, 0.05) is 12.6 Å². The molecule has 4 heteroatoms. The summed E-state index contributed by atoms with van der Waals surface area (Å²) in [6.45, 7) is 2.96. The average Bonchev–Trinajstić information content (AvgIpc) is 3.10. The standard InChI is InChI=1S/C17H27NO3/c1-2-11-9-13(14(10-11)17(20)21)16(19)18-8-7-12-5-3-4-6-15(12)18/h11-15H,2-10H2,1H3,(H,20,21)/t11?,12?,13-,14+,15?/m0/s1. The predicted octanol–water partition coefficient (Wildman–Crippen LogP) is 2.91. The lowest BCUT2D eigenvalue weighted by Crippen LogP contribution is -2.44. The number of nitrogens with zero attached hydrogens (tertiary/aromatic N) is 1. The van der Waals surface area contributed by atoms with Crippen LogP contribution in [0.4, 0.5) is 0 Å². The molecule has 2 saturated carbocycles. The smallest absolute Gasteiger partial charge is 0.307 e. The van der Waals surface area contributed by atoms with Gasteiger partial charge in [-0.3, -0.25) is 9.59 Å². The largest absolute Gasteiger partial charge is 0.481 e. The quantitative estimate of drug-likeness (QED) is 0.870. The van der Waals surface area contributed by atoms with Crippen LogP contribution in [0.5, 0.6) is 0 Å². The van der Waals surface area contributed by atoms with Crippen molar-refractivity contribution < 1.29 is 14.7 Å². The molecule has 1 heterocycles. The van der Waals surface area contributed by atoms with Gasteiger partial charge in [-0.05, 0) is 43.9 Å². The number of hydrogen-bond donors (Lipinski definition) is 1. The maximum atomic E-state index is 12.9. The molecule has 118 valence electrons. The Balaban J connectivity index is 1.73. The van der Waals surface area contributed by atoms with E-state index in [4.69, 9.17) is 0 Å². The molecule has 3 rings (SSSR count). The molecule has 1 N–H and O–H groups in total. The number of aliphatic carboxylic acids is 1. The van der Waals surface area contributed by atoms with Gasteiger partial charge in [-0.1, -0.05) is 26.2 Å². The number of hydrogen-bond acceptors (Lipinski definition) is 2. The van der Waals surface area contributed by atoms with E-state index in [9.17, 15) is 14.7 Å². The molecule has 4 nitrogen and oxygen atoms in total. The van der Waals surface area contributed by atoms with Crippen LogP contribution in [0, 0.1) is 23.7 Å². The van der Waals surface area contributed by atoms with Crippen LogP contribution >= 0.6 is 0 Å². The lowest BCUT2D eigenvalue weighted by Gasteiger charge is -2.33. The van der Waals surface area contributed by atoms with Crippen molar-refractivity contribution in [1.29, 1.82) is 0 Å². The molecule has 21 heavy (non-hydrogen) atoms. The summed E-state index contributed by atoms with van der Waals surface area (Å²) in [6.07, 6.45) is 8.46. The minimum atomic E-state index is -0.774. The molecule has 0 aromatic heterocycles. The van der Waals surface area contributed by atoms with Crippen LogP contribution in [0.3, 0.4) is 0 Å². The van der Waals surface area contributed by atoms with Crippen molar-refractivity contribution in [3.8, 4) is 0 Å². The fraction of sp³-hybridized carbons (Fsp3) is 0.882. The van der Waals surface area contributed by atoms with Gasteiger partial charge >= 0.3 is 5.97 Å². The molecule has 3 aliphatic rings. The predicted molar refractivity (Wildman–Crippen MR) is 79.7 cm³/mol. The highest BCUT2D eigenvalue weighted by Gasteiger charge is 2.47. The maximum absolute atomic E-state index is 12.9. The number of carbonyl (C=O) groups is 2. The fourth-order valence-corrected chi connectivity index (χ4v) is 4.91. The molecule has 0 radical (unpaired) electrons. The molecule has 0 bridgehead atoms. The number of fused-ring (bicyclic) bond motifs is 1. The fourth-order valence-electron chi connectivity index (χ4n) is 4.91. The van der Waals surface area contributed by atoms with Gasteiger partial charge in [0.2, 0.25) is 5.91 Å². The summed E-state index contributed by atoms with van der Waals surface area (Å²) < 4.78 is 0. The molecular weight excluding hydrogens is 266 g/mol. The van der Waals surface area contributed by atoms with Crippen LogP contribution in [0.15, 0.2) is 0 Å². The number of carbonyl (C=O) groups excluding carboxylic acids is 1. The molecule has 0 spiro atoms. The summed E-state index contributed by atoms with van der Waals surface area (Å²) in [5.41, 5.74) is 0. The highest BCUT2D eigenvalue weighted by atomic mass is 16.4. The third-order valence-electron chi connectivity index (χ3n) is 6.17. The lowest BCUT2D eigenvalue weighted by atomic mass is 9.84. The van der Waals surface area contributed by atoms with Crippen LogP contribution in [0.1, 0.15) is 58.3 Å². The number of amides is 1.